The molecule has 0 radical (unpaired) electrons. The number of carbonyl (C=O) groups is 1. The van der Waals surface area contributed by atoms with Crippen molar-refractivity contribution in [1.29, 1.82) is 0 Å². The van der Waals surface area contributed by atoms with Crippen LogP contribution in [0.25, 0.3) is 0 Å². The number of hydrogen-bond acceptors (Lipinski definition) is 3. The van der Waals surface area contributed by atoms with Crippen molar-refractivity contribution in [2.75, 3.05) is 25.4 Å². The zero-order valence-electron chi connectivity index (χ0n) is 14.1. The van der Waals surface area contributed by atoms with Crippen LogP contribution in [0.4, 0.5) is 0 Å². The quantitative estimate of drug-likeness (QED) is 0.300. The standard InChI is InChI=1S/C16H34N2O3S/c1-2-18-16(19)12-10-8-6-4-3-5-7-9-11-13-17-14-15-22(20)21/h17H,2-15H2,1H3,(H,18,19)(H,20,21). The molecule has 0 bridgehead atoms. The molecule has 0 rings (SSSR count). The average Bonchev–Trinajstić information content (AvgIpc) is 2.47. The highest BCUT2D eigenvalue weighted by Gasteiger charge is 1.98. The molecule has 3 N–H and O–H groups in total. The second kappa shape index (κ2) is 16.9. The maximum Gasteiger partial charge on any atom is 0.219 e. The monoisotopic (exact) mass is 334 g/mol. The summed E-state index contributed by atoms with van der Waals surface area (Å²) >= 11 is -1.67. The van der Waals surface area contributed by atoms with Gasteiger partial charge in [0.05, 0.1) is 5.75 Å². The van der Waals surface area contributed by atoms with E-state index in [0.717, 1.165) is 32.4 Å². The third-order valence-electron chi connectivity index (χ3n) is 3.58. The topological polar surface area (TPSA) is 78.4 Å². The van der Waals surface area contributed by atoms with Crippen molar-refractivity contribution >= 4 is 17.0 Å². The minimum absolute atomic E-state index is 0.182. The van der Waals surface area contributed by atoms with Crippen LogP contribution < -0.4 is 10.6 Å². The van der Waals surface area contributed by atoms with Crippen LogP contribution in [0.1, 0.15) is 71.1 Å². The SMILES string of the molecule is CCNC(=O)CCCCCCCCCCCNCCS(=O)O. The normalized spacial score (nSPS) is 12.3. The van der Waals surface area contributed by atoms with E-state index in [2.05, 4.69) is 10.6 Å². The number of nitrogens with one attached hydrogen (secondary N) is 2. The third-order valence-corrected chi connectivity index (χ3v) is 4.14. The van der Waals surface area contributed by atoms with Crippen LogP contribution in [0, 0.1) is 0 Å². The molecular formula is C16H34N2O3S. The van der Waals surface area contributed by atoms with Crippen molar-refractivity contribution in [1.82, 2.24) is 10.6 Å². The van der Waals surface area contributed by atoms with Gasteiger partial charge in [-0.1, -0.05) is 44.9 Å². The molecule has 0 saturated carbocycles. The molecule has 1 amide bonds. The predicted molar refractivity (Wildman–Crippen MR) is 93.4 cm³/mol. The first-order chi connectivity index (χ1) is 10.7. The van der Waals surface area contributed by atoms with E-state index in [4.69, 9.17) is 4.55 Å². The van der Waals surface area contributed by atoms with E-state index in [1.165, 1.54) is 38.5 Å². The fourth-order valence-corrected chi connectivity index (χ4v) is 2.66. The molecule has 22 heavy (non-hydrogen) atoms. The number of amides is 1. The van der Waals surface area contributed by atoms with E-state index in [-0.39, 0.29) is 5.91 Å². The summed E-state index contributed by atoms with van der Waals surface area (Å²) in [6.07, 6.45) is 11.6. The Balaban J connectivity index is 3.05. The highest BCUT2D eigenvalue weighted by molar-refractivity contribution is 7.79. The molecule has 1 atom stereocenters. The van der Waals surface area contributed by atoms with Crippen LogP contribution in [0.2, 0.25) is 0 Å². The minimum Gasteiger partial charge on any atom is -0.356 e. The molecule has 0 fully saturated rings. The Kier molecular flexibility index (Phi) is 16.5. The Morgan fingerprint density at radius 3 is 2.00 bits per heavy atom. The summed E-state index contributed by atoms with van der Waals surface area (Å²) < 4.78 is 19.0. The Morgan fingerprint density at radius 1 is 0.909 bits per heavy atom. The van der Waals surface area contributed by atoms with E-state index < -0.39 is 11.1 Å². The van der Waals surface area contributed by atoms with Crippen molar-refractivity contribution in [3.05, 3.63) is 0 Å². The Labute approximate surface area is 138 Å². The maximum absolute atomic E-state index is 11.2. The van der Waals surface area contributed by atoms with Crippen molar-refractivity contribution < 1.29 is 13.6 Å². The summed E-state index contributed by atoms with van der Waals surface area (Å²) in [5.74, 6) is 0.501. The van der Waals surface area contributed by atoms with Crippen molar-refractivity contribution in [2.45, 2.75) is 71.1 Å². The first-order valence-corrected chi connectivity index (χ1v) is 9.99. The second-order valence-electron chi connectivity index (χ2n) is 5.66. The highest BCUT2D eigenvalue weighted by atomic mass is 32.2. The largest absolute Gasteiger partial charge is 0.356 e. The van der Waals surface area contributed by atoms with Gasteiger partial charge in [-0.15, -0.1) is 0 Å². The summed E-state index contributed by atoms with van der Waals surface area (Å²) in [5.41, 5.74) is 0. The molecule has 0 spiro atoms. The molecular weight excluding hydrogens is 300 g/mol. The van der Waals surface area contributed by atoms with Crippen molar-refractivity contribution in [2.24, 2.45) is 0 Å². The summed E-state index contributed by atoms with van der Waals surface area (Å²) in [6.45, 7) is 4.25. The van der Waals surface area contributed by atoms with Crippen LogP contribution in [-0.4, -0.2) is 40.1 Å². The summed E-state index contributed by atoms with van der Waals surface area (Å²) in [6, 6.07) is 0. The van der Waals surface area contributed by atoms with Gasteiger partial charge >= 0.3 is 0 Å². The van der Waals surface area contributed by atoms with Gasteiger partial charge in [-0.2, -0.15) is 0 Å². The van der Waals surface area contributed by atoms with E-state index >= 15 is 0 Å². The molecule has 0 aliphatic carbocycles. The van der Waals surface area contributed by atoms with Crippen molar-refractivity contribution in [3.63, 3.8) is 0 Å². The van der Waals surface area contributed by atoms with Gasteiger partial charge in [0.2, 0.25) is 5.91 Å². The Morgan fingerprint density at radius 2 is 1.45 bits per heavy atom. The Bertz CT molecular complexity index is 289. The highest BCUT2D eigenvalue weighted by Crippen LogP contribution is 2.10. The van der Waals surface area contributed by atoms with Crippen LogP contribution in [0.3, 0.4) is 0 Å². The first-order valence-electron chi connectivity index (χ1n) is 8.71. The molecule has 0 saturated heterocycles. The van der Waals surface area contributed by atoms with Gasteiger partial charge in [-0.05, 0) is 26.3 Å². The molecule has 0 aromatic heterocycles. The molecule has 132 valence electrons. The molecule has 0 aromatic rings. The number of rotatable bonds is 16. The summed E-state index contributed by atoms with van der Waals surface area (Å²) in [4.78, 5) is 11.2. The van der Waals surface area contributed by atoms with Crippen LogP contribution in [0.15, 0.2) is 0 Å². The van der Waals surface area contributed by atoms with Gasteiger partial charge in [0.1, 0.15) is 0 Å². The zero-order valence-corrected chi connectivity index (χ0v) is 14.9. The number of hydrogen-bond donors (Lipinski definition) is 3. The zero-order chi connectivity index (χ0) is 16.5. The smallest absolute Gasteiger partial charge is 0.219 e. The molecule has 0 aromatic carbocycles. The predicted octanol–water partition coefficient (Wildman–Crippen LogP) is 2.83. The van der Waals surface area contributed by atoms with Crippen LogP contribution in [0.5, 0.6) is 0 Å². The lowest BCUT2D eigenvalue weighted by atomic mass is 10.1. The van der Waals surface area contributed by atoms with E-state index in [1.807, 2.05) is 6.92 Å². The lowest BCUT2D eigenvalue weighted by Crippen LogP contribution is -2.21. The number of unbranched alkanes of at least 4 members (excludes halogenated alkanes) is 8. The lowest BCUT2D eigenvalue weighted by molar-refractivity contribution is -0.121. The minimum atomic E-state index is -1.67. The molecule has 0 aliphatic heterocycles. The van der Waals surface area contributed by atoms with Gasteiger partial charge in [0.25, 0.3) is 0 Å². The number of carbonyl (C=O) groups excluding carboxylic acids is 1. The van der Waals surface area contributed by atoms with Gasteiger partial charge in [-0.25, -0.2) is 4.21 Å². The third kappa shape index (κ3) is 17.6. The van der Waals surface area contributed by atoms with Gasteiger partial charge in [0.15, 0.2) is 11.1 Å². The first kappa shape index (κ1) is 21.5. The fraction of sp³-hybridized carbons (Fsp3) is 0.938. The van der Waals surface area contributed by atoms with Crippen molar-refractivity contribution in [3.8, 4) is 0 Å². The summed E-state index contributed by atoms with van der Waals surface area (Å²) in [5, 5.41) is 6.00. The van der Waals surface area contributed by atoms with E-state index in [1.54, 1.807) is 0 Å². The van der Waals surface area contributed by atoms with Gasteiger partial charge in [0, 0.05) is 19.5 Å². The second-order valence-corrected chi connectivity index (χ2v) is 6.71. The van der Waals surface area contributed by atoms with Gasteiger partial charge < -0.3 is 15.2 Å². The van der Waals surface area contributed by atoms with E-state index in [9.17, 15) is 9.00 Å². The molecule has 6 heteroatoms. The average molecular weight is 335 g/mol. The lowest BCUT2D eigenvalue weighted by Gasteiger charge is -2.04. The van der Waals surface area contributed by atoms with Crippen LogP contribution >= 0.6 is 0 Å². The summed E-state index contributed by atoms with van der Waals surface area (Å²) in [7, 11) is 0. The molecule has 5 nitrogen and oxygen atoms in total. The van der Waals surface area contributed by atoms with Gasteiger partial charge in [-0.3, -0.25) is 4.79 Å². The molecule has 0 heterocycles. The van der Waals surface area contributed by atoms with Crippen LogP contribution in [-0.2, 0) is 15.9 Å². The molecule has 0 aliphatic rings. The fourth-order valence-electron chi connectivity index (χ4n) is 2.34. The Hall–Kier alpha value is -0.460. The molecule has 1 unspecified atom stereocenters. The van der Waals surface area contributed by atoms with E-state index in [0.29, 0.717) is 18.7 Å². The maximum atomic E-state index is 11.2.